The van der Waals surface area contributed by atoms with Crippen molar-refractivity contribution >= 4 is 17.8 Å². The number of nitrogens with zero attached hydrogens (tertiary/aromatic N) is 3. The molecule has 4 rings (SSSR count). The molecule has 1 N–H and O–H groups in total. The number of piperidine rings is 1. The molecule has 4 amide bonds. The van der Waals surface area contributed by atoms with Crippen molar-refractivity contribution in [2.75, 3.05) is 40.3 Å². The topological polar surface area (TPSA) is 73.0 Å². The number of hydrogen-bond donors (Lipinski definition) is 1. The van der Waals surface area contributed by atoms with Crippen molar-refractivity contribution in [3.05, 3.63) is 70.8 Å². The van der Waals surface area contributed by atoms with Crippen LogP contribution in [0.4, 0.5) is 4.79 Å². The number of carbonyl (C=O) groups is 3. The van der Waals surface area contributed by atoms with E-state index in [1.807, 2.05) is 68.1 Å². The summed E-state index contributed by atoms with van der Waals surface area (Å²) in [7, 11) is 3.87. The van der Waals surface area contributed by atoms with Gasteiger partial charge < -0.3 is 15.1 Å². The highest BCUT2D eigenvalue weighted by Gasteiger charge is 2.55. The summed E-state index contributed by atoms with van der Waals surface area (Å²) in [4.78, 5) is 45.3. The number of amides is 4. The van der Waals surface area contributed by atoms with Gasteiger partial charge in [-0.3, -0.25) is 14.5 Å². The highest BCUT2D eigenvalue weighted by Crippen LogP contribution is 2.37. The van der Waals surface area contributed by atoms with Crippen molar-refractivity contribution in [1.29, 1.82) is 0 Å². The second-order valence-corrected chi connectivity index (χ2v) is 10.6. The van der Waals surface area contributed by atoms with E-state index >= 15 is 0 Å². The van der Waals surface area contributed by atoms with Crippen molar-refractivity contribution < 1.29 is 14.4 Å². The zero-order chi connectivity index (χ0) is 25.9. The molecule has 2 heterocycles. The Hall–Kier alpha value is -3.19. The van der Waals surface area contributed by atoms with Gasteiger partial charge in [0.25, 0.3) is 11.8 Å². The van der Waals surface area contributed by atoms with Crippen LogP contribution in [0, 0.1) is 19.8 Å². The summed E-state index contributed by atoms with van der Waals surface area (Å²) in [5.41, 5.74) is 3.07. The SMILES string of the molecule is Cc1cc(C)cc(C(=O)N2CCC(C3(CCc4ccccc4)NC(=O)N(CCN(C)C)C3=O)CC2)c1. The number of rotatable bonds is 8. The molecule has 7 nitrogen and oxygen atoms in total. The summed E-state index contributed by atoms with van der Waals surface area (Å²) in [6.07, 6.45) is 2.61. The lowest BCUT2D eigenvalue weighted by Crippen LogP contribution is -2.57. The Balaban J connectivity index is 1.52. The van der Waals surface area contributed by atoms with E-state index in [9.17, 15) is 14.4 Å². The molecular weight excluding hydrogens is 452 g/mol. The van der Waals surface area contributed by atoms with Crippen LogP contribution in [0.15, 0.2) is 48.5 Å². The third kappa shape index (κ3) is 5.46. The maximum absolute atomic E-state index is 13.8. The smallest absolute Gasteiger partial charge is 0.325 e. The van der Waals surface area contributed by atoms with Gasteiger partial charge in [0.05, 0.1) is 0 Å². The first-order chi connectivity index (χ1) is 17.2. The molecule has 2 aromatic rings. The largest absolute Gasteiger partial charge is 0.339 e. The molecule has 0 bridgehead atoms. The zero-order valence-corrected chi connectivity index (χ0v) is 21.9. The number of hydrogen-bond acceptors (Lipinski definition) is 4. The van der Waals surface area contributed by atoms with Crippen LogP contribution in [0.5, 0.6) is 0 Å². The van der Waals surface area contributed by atoms with E-state index in [2.05, 4.69) is 23.5 Å². The first-order valence-corrected chi connectivity index (χ1v) is 12.9. The molecule has 0 aromatic heterocycles. The van der Waals surface area contributed by atoms with Crippen molar-refractivity contribution in [3.8, 4) is 0 Å². The summed E-state index contributed by atoms with van der Waals surface area (Å²) in [5.74, 6) is -0.109. The maximum atomic E-state index is 13.8. The molecule has 0 spiro atoms. The molecule has 2 fully saturated rings. The minimum atomic E-state index is -0.936. The molecule has 0 saturated carbocycles. The molecule has 2 aliphatic heterocycles. The van der Waals surface area contributed by atoms with Crippen LogP contribution in [0.25, 0.3) is 0 Å². The summed E-state index contributed by atoms with van der Waals surface area (Å²) in [6, 6.07) is 15.7. The fraction of sp³-hybridized carbons (Fsp3) is 0.483. The number of aryl methyl sites for hydroxylation is 3. The number of urea groups is 1. The van der Waals surface area contributed by atoms with Crippen molar-refractivity contribution in [2.24, 2.45) is 5.92 Å². The Kier molecular flexibility index (Phi) is 7.79. The molecule has 2 saturated heterocycles. The highest BCUT2D eigenvalue weighted by atomic mass is 16.2. The average molecular weight is 491 g/mol. The number of likely N-dealkylation sites (tertiary alicyclic amines) is 1. The van der Waals surface area contributed by atoms with Crippen molar-refractivity contribution in [1.82, 2.24) is 20.0 Å². The molecule has 0 radical (unpaired) electrons. The van der Waals surface area contributed by atoms with Gasteiger partial charge in [0.15, 0.2) is 0 Å². The van der Waals surface area contributed by atoms with Crippen LogP contribution in [0.3, 0.4) is 0 Å². The minimum absolute atomic E-state index is 0.0229. The number of imide groups is 1. The third-order valence-electron chi connectivity index (χ3n) is 7.57. The van der Waals surface area contributed by atoms with Crippen LogP contribution in [0.2, 0.25) is 0 Å². The zero-order valence-electron chi connectivity index (χ0n) is 21.9. The van der Waals surface area contributed by atoms with E-state index < -0.39 is 5.54 Å². The first kappa shape index (κ1) is 25.9. The second kappa shape index (κ2) is 10.8. The van der Waals surface area contributed by atoms with Gasteiger partial charge in [0.1, 0.15) is 5.54 Å². The van der Waals surface area contributed by atoms with Crippen LogP contribution in [-0.4, -0.2) is 78.4 Å². The summed E-state index contributed by atoms with van der Waals surface area (Å²) < 4.78 is 0. The molecule has 2 aromatic carbocycles. The number of carbonyl (C=O) groups excluding carboxylic acids is 3. The second-order valence-electron chi connectivity index (χ2n) is 10.6. The number of nitrogens with one attached hydrogen (secondary N) is 1. The van der Waals surface area contributed by atoms with Gasteiger partial charge in [0.2, 0.25) is 0 Å². The molecule has 1 unspecified atom stereocenters. The van der Waals surface area contributed by atoms with Gasteiger partial charge in [-0.15, -0.1) is 0 Å². The van der Waals surface area contributed by atoms with E-state index in [1.54, 1.807) is 0 Å². The van der Waals surface area contributed by atoms with Gasteiger partial charge in [-0.25, -0.2) is 4.79 Å². The standard InChI is InChI=1S/C29H38N4O3/c1-21-18-22(2)20-24(19-21)26(34)32-14-11-25(12-15-32)29(13-10-23-8-6-5-7-9-23)27(35)33(28(36)30-29)17-16-31(3)4/h5-9,18-20,25H,10-17H2,1-4H3,(H,30,36). The van der Waals surface area contributed by atoms with Crippen LogP contribution >= 0.6 is 0 Å². The Morgan fingerprint density at radius 3 is 2.28 bits per heavy atom. The van der Waals surface area contributed by atoms with Gasteiger partial charge in [-0.05, 0) is 77.2 Å². The predicted octanol–water partition coefficient (Wildman–Crippen LogP) is 3.64. The molecule has 1 atom stereocenters. The van der Waals surface area contributed by atoms with Crippen LogP contribution in [-0.2, 0) is 11.2 Å². The van der Waals surface area contributed by atoms with Gasteiger partial charge >= 0.3 is 6.03 Å². The quantitative estimate of drug-likeness (QED) is 0.574. The first-order valence-electron chi connectivity index (χ1n) is 12.9. The van der Waals surface area contributed by atoms with E-state index in [4.69, 9.17) is 0 Å². The monoisotopic (exact) mass is 490 g/mol. The fourth-order valence-electron chi connectivity index (χ4n) is 5.64. The van der Waals surface area contributed by atoms with E-state index in [1.165, 1.54) is 4.90 Å². The van der Waals surface area contributed by atoms with Crippen LogP contribution < -0.4 is 5.32 Å². The van der Waals surface area contributed by atoms with Crippen LogP contribution in [0.1, 0.15) is 46.3 Å². The van der Waals surface area contributed by atoms with Crippen molar-refractivity contribution in [3.63, 3.8) is 0 Å². The summed E-state index contributed by atoms with van der Waals surface area (Å²) in [6.45, 7) is 6.15. The lowest BCUT2D eigenvalue weighted by atomic mass is 9.74. The van der Waals surface area contributed by atoms with Gasteiger partial charge in [0, 0.05) is 31.7 Å². The summed E-state index contributed by atoms with van der Waals surface area (Å²) in [5, 5.41) is 3.14. The fourth-order valence-corrected chi connectivity index (χ4v) is 5.64. The molecule has 0 aliphatic carbocycles. The third-order valence-corrected chi connectivity index (χ3v) is 7.57. The Labute approximate surface area is 214 Å². The van der Waals surface area contributed by atoms with Crippen molar-refractivity contribution in [2.45, 2.75) is 45.1 Å². The van der Waals surface area contributed by atoms with E-state index in [0.717, 1.165) is 16.7 Å². The molecule has 36 heavy (non-hydrogen) atoms. The van der Waals surface area contributed by atoms with Gasteiger partial charge in [-0.2, -0.15) is 0 Å². The lowest BCUT2D eigenvalue weighted by Gasteiger charge is -2.41. The van der Waals surface area contributed by atoms with E-state index in [-0.39, 0.29) is 23.8 Å². The maximum Gasteiger partial charge on any atom is 0.325 e. The Morgan fingerprint density at radius 1 is 1.03 bits per heavy atom. The predicted molar refractivity (Wildman–Crippen MR) is 141 cm³/mol. The summed E-state index contributed by atoms with van der Waals surface area (Å²) >= 11 is 0. The van der Waals surface area contributed by atoms with Gasteiger partial charge in [-0.1, -0.05) is 47.5 Å². The normalized spacial score (nSPS) is 20.8. The Bertz CT molecular complexity index is 1090. The Morgan fingerprint density at radius 2 is 1.67 bits per heavy atom. The average Bonchev–Trinajstić information content (AvgIpc) is 3.10. The molecule has 2 aliphatic rings. The minimum Gasteiger partial charge on any atom is -0.339 e. The molecule has 7 heteroatoms. The lowest BCUT2D eigenvalue weighted by molar-refractivity contribution is -0.134. The molecular formula is C29H38N4O3. The molecule has 192 valence electrons. The highest BCUT2D eigenvalue weighted by molar-refractivity contribution is 6.07. The number of likely N-dealkylation sites (N-methyl/N-ethyl adjacent to an activating group) is 1. The van der Waals surface area contributed by atoms with E-state index in [0.29, 0.717) is 57.4 Å². The number of benzene rings is 2.